The molecule has 0 aliphatic rings. The minimum atomic E-state index is -4.80. The van der Waals surface area contributed by atoms with E-state index in [4.69, 9.17) is 0 Å². The van der Waals surface area contributed by atoms with Gasteiger partial charge >= 0.3 is 6.36 Å². The van der Waals surface area contributed by atoms with Gasteiger partial charge in [-0.05, 0) is 13.0 Å². The van der Waals surface area contributed by atoms with E-state index in [0.29, 0.717) is 10.7 Å². The molecule has 2 aromatic rings. The molecular formula is C12H10F3NO2S. The minimum Gasteiger partial charge on any atom is -0.405 e. The van der Waals surface area contributed by atoms with E-state index in [-0.39, 0.29) is 5.56 Å². The van der Waals surface area contributed by atoms with Crippen LogP contribution in [0.25, 0.3) is 0 Å². The summed E-state index contributed by atoms with van der Waals surface area (Å²) in [7, 11) is 0. The number of thiazole rings is 1. The van der Waals surface area contributed by atoms with Gasteiger partial charge in [-0.2, -0.15) is 0 Å². The fourth-order valence-corrected chi connectivity index (χ4v) is 2.35. The molecule has 0 amide bonds. The minimum absolute atomic E-state index is 0.0363. The average molecular weight is 289 g/mol. The molecule has 0 aliphatic carbocycles. The zero-order chi connectivity index (χ0) is 14.0. The van der Waals surface area contributed by atoms with Gasteiger partial charge in [0.2, 0.25) is 0 Å². The summed E-state index contributed by atoms with van der Waals surface area (Å²) in [5, 5.41) is 12.1. The zero-order valence-corrected chi connectivity index (χ0v) is 10.6. The highest BCUT2D eigenvalue weighted by Crippen LogP contribution is 2.34. The molecule has 1 aromatic carbocycles. The van der Waals surface area contributed by atoms with E-state index in [1.54, 1.807) is 12.3 Å². The summed E-state index contributed by atoms with van der Waals surface area (Å²) in [6.45, 7) is 1.74. The third-order valence-corrected chi connectivity index (χ3v) is 3.32. The molecule has 0 radical (unpaired) electrons. The molecule has 19 heavy (non-hydrogen) atoms. The maximum absolute atomic E-state index is 12.3. The predicted octanol–water partition coefficient (Wildman–Crippen LogP) is 3.43. The molecule has 0 spiro atoms. The first kappa shape index (κ1) is 13.8. The van der Waals surface area contributed by atoms with E-state index < -0.39 is 18.2 Å². The summed E-state index contributed by atoms with van der Waals surface area (Å²) in [5.74, 6) is -0.421. The number of rotatable bonds is 3. The van der Waals surface area contributed by atoms with Gasteiger partial charge in [0.05, 0.1) is 0 Å². The van der Waals surface area contributed by atoms with E-state index in [0.717, 1.165) is 6.07 Å². The van der Waals surface area contributed by atoms with E-state index in [9.17, 15) is 18.3 Å². The lowest BCUT2D eigenvalue weighted by Gasteiger charge is -2.15. The summed E-state index contributed by atoms with van der Waals surface area (Å²) < 4.78 is 40.7. The van der Waals surface area contributed by atoms with Crippen LogP contribution in [-0.2, 0) is 0 Å². The Morgan fingerprint density at radius 1 is 1.32 bits per heavy atom. The Bertz CT molecular complexity index is 568. The lowest BCUT2D eigenvalue weighted by molar-refractivity contribution is -0.275. The van der Waals surface area contributed by atoms with Crippen LogP contribution in [0, 0.1) is 6.92 Å². The van der Waals surface area contributed by atoms with Crippen LogP contribution >= 0.6 is 11.3 Å². The zero-order valence-electron chi connectivity index (χ0n) is 9.81. The topological polar surface area (TPSA) is 42.4 Å². The number of para-hydroxylation sites is 1. The molecule has 1 atom stereocenters. The van der Waals surface area contributed by atoms with Crippen LogP contribution in [0.3, 0.4) is 0 Å². The maximum Gasteiger partial charge on any atom is 0.573 e. The summed E-state index contributed by atoms with van der Waals surface area (Å²) >= 11 is 1.18. The number of alkyl halides is 3. The van der Waals surface area contributed by atoms with Gasteiger partial charge in [0.25, 0.3) is 0 Å². The quantitative estimate of drug-likeness (QED) is 0.941. The first-order valence-electron chi connectivity index (χ1n) is 5.31. The summed E-state index contributed by atoms with van der Waals surface area (Å²) in [4.78, 5) is 4.06. The van der Waals surface area contributed by atoms with Crippen LogP contribution in [0.1, 0.15) is 22.4 Å². The molecule has 0 fully saturated rings. The van der Waals surface area contributed by atoms with E-state index in [1.807, 2.05) is 0 Å². The molecule has 1 aromatic heterocycles. The number of aliphatic hydroxyl groups excluding tert-OH is 1. The van der Waals surface area contributed by atoms with E-state index in [1.165, 1.54) is 29.5 Å². The van der Waals surface area contributed by atoms with Crippen LogP contribution in [0.15, 0.2) is 29.6 Å². The first-order valence-corrected chi connectivity index (χ1v) is 6.19. The van der Waals surface area contributed by atoms with Crippen LogP contribution in [0.4, 0.5) is 13.2 Å². The third kappa shape index (κ3) is 3.45. The van der Waals surface area contributed by atoms with Crippen molar-refractivity contribution in [1.29, 1.82) is 0 Å². The number of aromatic nitrogens is 1. The van der Waals surface area contributed by atoms with Crippen molar-refractivity contribution in [1.82, 2.24) is 4.98 Å². The molecule has 102 valence electrons. The van der Waals surface area contributed by atoms with Crippen LogP contribution in [-0.4, -0.2) is 16.5 Å². The molecule has 0 saturated heterocycles. The predicted molar refractivity (Wildman–Crippen MR) is 64.0 cm³/mol. The Morgan fingerprint density at radius 3 is 2.58 bits per heavy atom. The molecule has 7 heteroatoms. The van der Waals surface area contributed by atoms with Crippen molar-refractivity contribution in [3.05, 3.63) is 45.9 Å². The Hall–Kier alpha value is -1.60. The largest absolute Gasteiger partial charge is 0.573 e. The molecule has 0 saturated carbocycles. The fraction of sp³-hybridized carbons (Fsp3) is 0.250. The Balaban J connectivity index is 2.34. The highest BCUT2D eigenvalue weighted by Gasteiger charge is 2.33. The second-order valence-corrected chi connectivity index (χ2v) is 4.70. The van der Waals surface area contributed by atoms with Crippen molar-refractivity contribution in [2.24, 2.45) is 0 Å². The van der Waals surface area contributed by atoms with Crippen LogP contribution in [0.2, 0.25) is 0 Å². The number of aryl methyl sites for hydroxylation is 1. The smallest absolute Gasteiger partial charge is 0.405 e. The van der Waals surface area contributed by atoms with Crippen molar-refractivity contribution in [2.75, 3.05) is 0 Å². The van der Waals surface area contributed by atoms with Crippen LogP contribution < -0.4 is 4.74 Å². The summed E-state index contributed by atoms with van der Waals surface area (Å²) in [5.41, 5.74) is 0.738. The number of benzene rings is 1. The van der Waals surface area contributed by atoms with Gasteiger partial charge in [-0.25, -0.2) is 4.98 Å². The second kappa shape index (κ2) is 5.18. The van der Waals surface area contributed by atoms with Crippen molar-refractivity contribution in [2.45, 2.75) is 19.4 Å². The van der Waals surface area contributed by atoms with Gasteiger partial charge in [0, 0.05) is 16.6 Å². The molecule has 1 unspecified atom stereocenters. The SMILES string of the molecule is Cc1csc(C(O)c2ccccc2OC(F)(F)F)n1. The fourth-order valence-electron chi connectivity index (χ4n) is 1.55. The van der Waals surface area contributed by atoms with E-state index >= 15 is 0 Å². The third-order valence-electron chi connectivity index (χ3n) is 2.31. The van der Waals surface area contributed by atoms with Gasteiger partial charge in [-0.1, -0.05) is 18.2 Å². The van der Waals surface area contributed by atoms with Crippen LogP contribution in [0.5, 0.6) is 5.75 Å². The Kier molecular flexibility index (Phi) is 3.77. The highest BCUT2D eigenvalue weighted by molar-refractivity contribution is 7.09. The molecule has 2 rings (SSSR count). The van der Waals surface area contributed by atoms with Gasteiger partial charge in [0.15, 0.2) is 0 Å². The van der Waals surface area contributed by atoms with Gasteiger partial charge in [-0.3, -0.25) is 0 Å². The van der Waals surface area contributed by atoms with Crippen molar-refractivity contribution in [3.8, 4) is 5.75 Å². The van der Waals surface area contributed by atoms with Gasteiger partial charge in [0.1, 0.15) is 16.9 Å². The monoisotopic (exact) mass is 289 g/mol. The first-order chi connectivity index (χ1) is 8.87. The lowest BCUT2D eigenvalue weighted by Crippen LogP contribution is -2.18. The maximum atomic E-state index is 12.3. The second-order valence-electron chi connectivity index (χ2n) is 3.82. The molecule has 1 heterocycles. The average Bonchev–Trinajstić information content (AvgIpc) is 2.74. The molecule has 3 nitrogen and oxygen atoms in total. The van der Waals surface area contributed by atoms with Crippen molar-refractivity contribution < 1.29 is 23.0 Å². The Morgan fingerprint density at radius 2 is 2.00 bits per heavy atom. The van der Waals surface area contributed by atoms with E-state index in [2.05, 4.69) is 9.72 Å². The molecule has 0 bridgehead atoms. The Labute approximate surface area is 111 Å². The number of ether oxygens (including phenoxy) is 1. The van der Waals surface area contributed by atoms with Gasteiger partial charge in [-0.15, -0.1) is 24.5 Å². The molecule has 0 aliphatic heterocycles. The number of nitrogens with zero attached hydrogens (tertiary/aromatic N) is 1. The number of hydrogen-bond acceptors (Lipinski definition) is 4. The molecule has 1 N–H and O–H groups in total. The summed E-state index contributed by atoms with van der Waals surface area (Å²) in [6, 6.07) is 5.47. The van der Waals surface area contributed by atoms with Gasteiger partial charge < -0.3 is 9.84 Å². The lowest BCUT2D eigenvalue weighted by atomic mass is 10.1. The number of hydrogen-bond donors (Lipinski definition) is 1. The number of aliphatic hydroxyl groups is 1. The summed E-state index contributed by atoms with van der Waals surface area (Å²) in [6.07, 6.45) is -6.04. The normalized spacial score (nSPS) is 13.3. The van der Waals surface area contributed by atoms with Crippen molar-refractivity contribution >= 4 is 11.3 Å². The highest BCUT2D eigenvalue weighted by atomic mass is 32.1. The molecular weight excluding hydrogens is 279 g/mol. The van der Waals surface area contributed by atoms with Crippen molar-refractivity contribution in [3.63, 3.8) is 0 Å². The standard InChI is InChI=1S/C12H10F3NO2S/c1-7-6-19-11(16-7)10(17)8-4-2-3-5-9(8)18-12(13,14)15/h2-6,10,17H,1H3. The number of halogens is 3.